The fourth-order valence-electron chi connectivity index (χ4n) is 7.51. The monoisotopic (exact) mass is 797 g/mol. The van der Waals surface area contributed by atoms with E-state index in [1.165, 1.54) is 18.4 Å². The number of carbonyl (C=O) groups excluding carboxylic acids is 3. The number of amides is 3. The first-order valence-corrected chi connectivity index (χ1v) is 21.6. The molecule has 7 rings (SSSR count). The van der Waals surface area contributed by atoms with Crippen molar-refractivity contribution in [2.45, 2.75) is 114 Å². The molecule has 12 nitrogen and oxygen atoms in total. The van der Waals surface area contributed by atoms with Crippen molar-refractivity contribution in [2.24, 2.45) is 11.3 Å². The van der Waals surface area contributed by atoms with Gasteiger partial charge in [-0.1, -0.05) is 64.3 Å². The lowest BCUT2D eigenvalue weighted by Crippen LogP contribution is -2.57. The van der Waals surface area contributed by atoms with Crippen molar-refractivity contribution in [1.29, 1.82) is 0 Å². The van der Waals surface area contributed by atoms with Crippen molar-refractivity contribution in [3.05, 3.63) is 46.4 Å². The van der Waals surface area contributed by atoms with E-state index < -0.39 is 50.2 Å². The third-order valence-electron chi connectivity index (χ3n) is 11.1. The molecule has 2 aliphatic heterocycles. The van der Waals surface area contributed by atoms with E-state index in [0.29, 0.717) is 57.4 Å². The normalized spacial score (nSPS) is 26.1. The van der Waals surface area contributed by atoms with Crippen LogP contribution in [0.2, 0.25) is 5.02 Å². The van der Waals surface area contributed by atoms with Crippen LogP contribution in [0.3, 0.4) is 0 Å². The van der Waals surface area contributed by atoms with Gasteiger partial charge in [-0.25, -0.2) is 18.4 Å². The Kier molecular flexibility index (Phi) is 10.5. The van der Waals surface area contributed by atoms with Crippen molar-refractivity contribution >= 4 is 61.6 Å². The molecule has 54 heavy (non-hydrogen) atoms. The van der Waals surface area contributed by atoms with Crippen LogP contribution in [0.1, 0.15) is 97.1 Å². The molecule has 3 amide bonds. The SMILES string of the molecule is COc1ccc2c(O[C@@H]3C[C@H]4C(=O)N[C@]5(C(=O)NS(=O)(=O)C6CC6)C[C@H]5C=CCCCCCC(C)(C)C(=O)N4C3)cc(-c3nc(C(C)C)cs3)nc2c1Cl. The van der Waals surface area contributed by atoms with Gasteiger partial charge in [0.05, 0.1) is 30.1 Å². The number of nitrogens with one attached hydrogen (secondary N) is 2. The summed E-state index contributed by atoms with van der Waals surface area (Å²) in [6.45, 7) is 8.08. The Hall–Kier alpha value is -3.75. The van der Waals surface area contributed by atoms with E-state index in [1.54, 1.807) is 11.0 Å². The average Bonchev–Trinajstić information content (AvgIpc) is 4.00. The molecule has 1 aromatic carbocycles. The number of nitrogens with zero attached hydrogens (tertiary/aromatic N) is 3. The summed E-state index contributed by atoms with van der Waals surface area (Å²) in [5.41, 5.74) is -0.233. The highest BCUT2D eigenvalue weighted by molar-refractivity contribution is 7.91. The topological polar surface area (TPSA) is 157 Å². The third kappa shape index (κ3) is 7.58. The molecule has 4 heterocycles. The smallest absolute Gasteiger partial charge is 0.259 e. The molecule has 2 aromatic heterocycles. The molecular formula is C39H48ClN5O7S2. The predicted octanol–water partition coefficient (Wildman–Crippen LogP) is 6.52. The number of halogens is 1. The minimum Gasteiger partial charge on any atom is -0.495 e. The summed E-state index contributed by atoms with van der Waals surface area (Å²) >= 11 is 8.29. The number of carbonyl (C=O) groups is 3. The van der Waals surface area contributed by atoms with Gasteiger partial charge in [-0.05, 0) is 56.6 Å². The number of rotatable bonds is 8. The lowest BCUT2D eigenvalue weighted by atomic mass is 9.85. The molecule has 4 aliphatic rings. The molecule has 2 aliphatic carbocycles. The minimum atomic E-state index is -3.85. The number of allylic oxidation sites excluding steroid dienone is 1. The van der Waals surface area contributed by atoms with Crippen LogP contribution in [-0.4, -0.2) is 77.6 Å². The number of hydrogen-bond donors (Lipinski definition) is 2. The summed E-state index contributed by atoms with van der Waals surface area (Å²) in [5, 5.41) is 6.00. The fourth-order valence-corrected chi connectivity index (χ4v) is 10.1. The molecule has 2 saturated carbocycles. The number of thiazole rings is 1. The van der Waals surface area contributed by atoms with Crippen LogP contribution < -0.4 is 19.5 Å². The summed E-state index contributed by atoms with van der Waals surface area (Å²) in [5.74, 6) is -0.671. The van der Waals surface area contributed by atoms with E-state index in [0.717, 1.165) is 31.4 Å². The summed E-state index contributed by atoms with van der Waals surface area (Å²) < 4.78 is 40.2. The Morgan fingerprint density at radius 3 is 2.61 bits per heavy atom. The van der Waals surface area contributed by atoms with E-state index in [1.807, 2.05) is 43.5 Å². The molecule has 0 unspecified atom stereocenters. The van der Waals surface area contributed by atoms with Gasteiger partial charge in [0.15, 0.2) is 0 Å². The highest BCUT2D eigenvalue weighted by atomic mass is 35.5. The largest absolute Gasteiger partial charge is 0.495 e. The van der Waals surface area contributed by atoms with Crippen molar-refractivity contribution in [3.8, 4) is 22.2 Å². The van der Waals surface area contributed by atoms with Gasteiger partial charge in [-0.15, -0.1) is 11.3 Å². The molecule has 290 valence electrons. The second-order valence-electron chi connectivity index (χ2n) is 16.0. The Labute approximate surface area is 325 Å². The lowest BCUT2D eigenvalue weighted by molar-refractivity contribution is -0.146. The molecule has 4 atom stereocenters. The zero-order valence-electron chi connectivity index (χ0n) is 31.3. The van der Waals surface area contributed by atoms with Crippen LogP contribution >= 0.6 is 22.9 Å². The van der Waals surface area contributed by atoms with E-state index in [2.05, 4.69) is 23.9 Å². The summed E-state index contributed by atoms with van der Waals surface area (Å²) in [4.78, 5) is 53.8. The van der Waals surface area contributed by atoms with Gasteiger partial charge in [0.25, 0.3) is 5.91 Å². The maximum absolute atomic E-state index is 14.4. The molecule has 3 aromatic rings. The van der Waals surface area contributed by atoms with Crippen LogP contribution in [-0.2, 0) is 24.4 Å². The lowest BCUT2D eigenvalue weighted by Gasteiger charge is -2.33. The zero-order valence-corrected chi connectivity index (χ0v) is 33.7. The average molecular weight is 798 g/mol. The Morgan fingerprint density at radius 2 is 1.91 bits per heavy atom. The first kappa shape index (κ1) is 38.5. The summed E-state index contributed by atoms with van der Waals surface area (Å²) in [7, 11) is -2.32. The maximum atomic E-state index is 14.4. The Bertz CT molecular complexity index is 2110. The van der Waals surface area contributed by atoms with Crippen molar-refractivity contribution in [3.63, 3.8) is 0 Å². The second kappa shape index (κ2) is 14.7. The highest BCUT2D eigenvalue weighted by Gasteiger charge is 2.62. The number of methoxy groups -OCH3 is 1. The van der Waals surface area contributed by atoms with Gasteiger partial charge in [-0.3, -0.25) is 19.1 Å². The first-order chi connectivity index (χ1) is 25.6. The first-order valence-electron chi connectivity index (χ1n) is 18.8. The molecule has 15 heteroatoms. The summed E-state index contributed by atoms with van der Waals surface area (Å²) in [6.07, 6.45) is 8.82. The van der Waals surface area contributed by atoms with E-state index in [9.17, 15) is 22.8 Å². The number of aromatic nitrogens is 2. The number of fused-ring (bicyclic) bond motifs is 3. The Balaban J connectivity index is 1.23. The van der Waals surface area contributed by atoms with Gasteiger partial charge < -0.3 is 19.7 Å². The van der Waals surface area contributed by atoms with Gasteiger partial charge >= 0.3 is 0 Å². The van der Waals surface area contributed by atoms with Crippen LogP contribution in [0, 0.1) is 11.3 Å². The number of hydrogen-bond acceptors (Lipinski definition) is 10. The molecule has 2 N–H and O–H groups in total. The predicted molar refractivity (Wildman–Crippen MR) is 208 cm³/mol. The molecule has 3 fully saturated rings. The molecular weight excluding hydrogens is 750 g/mol. The van der Waals surface area contributed by atoms with Gasteiger partial charge in [0, 0.05) is 34.6 Å². The van der Waals surface area contributed by atoms with Crippen molar-refractivity contribution < 1.29 is 32.3 Å². The van der Waals surface area contributed by atoms with Gasteiger partial charge in [0.1, 0.15) is 44.9 Å². The molecule has 1 saturated heterocycles. The third-order valence-corrected chi connectivity index (χ3v) is 14.2. The van der Waals surface area contributed by atoms with Crippen molar-refractivity contribution in [2.75, 3.05) is 13.7 Å². The highest BCUT2D eigenvalue weighted by Crippen LogP contribution is 2.47. The summed E-state index contributed by atoms with van der Waals surface area (Å²) in [6, 6.07) is 4.41. The number of ether oxygens (including phenoxy) is 2. The van der Waals surface area contributed by atoms with E-state index in [-0.39, 0.29) is 37.1 Å². The van der Waals surface area contributed by atoms with Crippen molar-refractivity contribution in [1.82, 2.24) is 24.9 Å². The molecule has 0 bridgehead atoms. The van der Waals surface area contributed by atoms with Crippen LogP contribution in [0.5, 0.6) is 11.5 Å². The molecule has 0 spiro atoms. The van der Waals surface area contributed by atoms with Gasteiger partial charge in [0.2, 0.25) is 21.8 Å². The number of pyridine rings is 1. The fraction of sp³-hybridized carbons (Fsp3) is 0.564. The Morgan fingerprint density at radius 1 is 1.13 bits per heavy atom. The standard InChI is InChI=1S/C39H48ClN5O7S2/c1-22(2)28-21-53-35(42-28)27-18-31(26-14-15-30(51-5)32(40)33(26)41-27)52-24-17-29-34(46)43-39(36(47)44-54(49,50)25-12-13-25)19-23(39)11-9-7-6-8-10-16-38(3,4)37(48)45(29)20-24/h9,11,14-15,18,21-25,29H,6-8,10,12-13,16-17,19-20H2,1-5H3,(H,43,46)(H,44,47)/t23-,24-,29+,39-/m1/s1. The number of sulfonamides is 1. The number of benzene rings is 1. The minimum absolute atomic E-state index is 0.122. The maximum Gasteiger partial charge on any atom is 0.259 e. The van der Waals surface area contributed by atoms with Gasteiger partial charge in [-0.2, -0.15) is 0 Å². The van der Waals surface area contributed by atoms with Crippen LogP contribution in [0.15, 0.2) is 35.7 Å². The van der Waals surface area contributed by atoms with E-state index in [4.69, 9.17) is 31.0 Å². The van der Waals surface area contributed by atoms with Crippen LogP contribution in [0.25, 0.3) is 21.6 Å². The second-order valence-corrected chi connectivity index (χ2v) is 19.2. The van der Waals surface area contributed by atoms with Crippen LogP contribution in [0.4, 0.5) is 0 Å². The zero-order chi connectivity index (χ0) is 38.6. The quantitative estimate of drug-likeness (QED) is 0.242. The van der Waals surface area contributed by atoms with E-state index >= 15 is 0 Å². The molecule has 0 radical (unpaired) electrons.